The molecular formula is C21H26F3N3O4S. The standard InChI is InChI=1S/C19H25N3O2S.C2HF3O2/c1-13(2)11-24-16-5-3-14(4-6-16)17-12-25-19(21-17)22-9-7-15(8-10-22)18(20)23;3-2(4,5)1(6)7/h3-6,12-13,15H,7-11H2,1-2H3,(H2,20,23);(H,6,7). The maximum Gasteiger partial charge on any atom is 0.490 e. The number of amides is 1. The lowest BCUT2D eigenvalue weighted by Crippen LogP contribution is -2.38. The van der Waals surface area contributed by atoms with E-state index in [-0.39, 0.29) is 11.8 Å². The van der Waals surface area contributed by atoms with E-state index in [4.69, 9.17) is 25.4 Å². The zero-order valence-corrected chi connectivity index (χ0v) is 18.6. The van der Waals surface area contributed by atoms with Gasteiger partial charge in [0.1, 0.15) is 5.75 Å². The van der Waals surface area contributed by atoms with E-state index in [1.54, 1.807) is 11.3 Å². The molecule has 32 heavy (non-hydrogen) atoms. The first-order valence-corrected chi connectivity index (χ1v) is 10.9. The lowest BCUT2D eigenvalue weighted by Gasteiger charge is -2.30. The number of ether oxygens (including phenoxy) is 1. The lowest BCUT2D eigenvalue weighted by molar-refractivity contribution is -0.192. The van der Waals surface area contributed by atoms with E-state index >= 15 is 0 Å². The predicted octanol–water partition coefficient (Wildman–Crippen LogP) is 4.18. The number of carboxylic acid groups (broad SMARTS) is 1. The van der Waals surface area contributed by atoms with Crippen LogP contribution in [0.2, 0.25) is 0 Å². The van der Waals surface area contributed by atoms with Crippen LogP contribution in [0, 0.1) is 11.8 Å². The van der Waals surface area contributed by atoms with Gasteiger partial charge in [0, 0.05) is 30.0 Å². The van der Waals surface area contributed by atoms with Crippen LogP contribution in [0.25, 0.3) is 11.3 Å². The lowest BCUT2D eigenvalue weighted by atomic mass is 9.97. The molecule has 0 bridgehead atoms. The summed E-state index contributed by atoms with van der Waals surface area (Å²) in [4.78, 5) is 27.2. The topological polar surface area (TPSA) is 106 Å². The molecule has 0 spiro atoms. The molecule has 7 nitrogen and oxygen atoms in total. The van der Waals surface area contributed by atoms with Crippen molar-refractivity contribution in [3.63, 3.8) is 0 Å². The average molecular weight is 474 g/mol. The van der Waals surface area contributed by atoms with Crippen molar-refractivity contribution in [1.82, 2.24) is 4.98 Å². The molecule has 11 heteroatoms. The molecule has 0 saturated carbocycles. The number of carbonyl (C=O) groups excluding carboxylic acids is 1. The van der Waals surface area contributed by atoms with Gasteiger partial charge in [0.2, 0.25) is 5.91 Å². The minimum atomic E-state index is -5.08. The van der Waals surface area contributed by atoms with Crippen LogP contribution in [0.4, 0.5) is 18.3 Å². The molecule has 0 radical (unpaired) electrons. The molecule has 1 fully saturated rings. The number of carbonyl (C=O) groups is 2. The number of aromatic nitrogens is 1. The number of thiazole rings is 1. The number of hydrogen-bond acceptors (Lipinski definition) is 6. The second kappa shape index (κ2) is 11.2. The zero-order chi connectivity index (χ0) is 23.9. The normalized spacial score (nSPS) is 14.6. The largest absolute Gasteiger partial charge is 0.493 e. The summed E-state index contributed by atoms with van der Waals surface area (Å²) < 4.78 is 37.5. The molecule has 0 atom stereocenters. The number of alkyl halides is 3. The number of anilines is 1. The molecule has 1 aliphatic heterocycles. The van der Waals surface area contributed by atoms with Gasteiger partial charge in [-0.25, -0.2) is 9.78 Å². The van der Waals surface area contributed by atoms with Gasteiger partial charge in [-0.15, -0.1) is 11.3 Å². The van der Waals surface area contributed by atoms with Crippen molar-refractivity contribution in [3.05, 3.63) is 29.6 Å². The molecule has 1 aromatic carbocycles. The summed E-state index contributed by atoms with van der Waals surface area (Å²) in [6.45, 7) is 6.67. The Kier molecular flexibility index (Phi) is 8.88. The third-order valence-electron chi connectivity index (χ3n) is 4.64. The van der Waals surface area contributed by atoms with Gasteiger partial charge in [0.05, 0.1) is 12.3 Å². The molecule has 176 valence electrons. The second-order valence-corrected chi connectivity index (χ2v) is 8.55. The average Bonchev–Trinajstić information content (AvgIpc) is 3.22. The van der Waals surface area contributed by atoms with E-state index in [9.17, 15) is 18.0 Å². The van der Waals surface area contributed by atoms with Crippen molar-refractivity contribution in [2.75, 3.05) is 24.6 Å². The molecule has 2 heterocycles. The van der Waals surface area contributed by atoms with Crippen molar-refractivity contribution in [2.45, 2.75) is 32.9 Å². The maximum absolute atomic E-state index is 11.3. The van der Waals surface area contributed by atoms with Crippen LogP contribution in [0.3, 0.4) is 0 Å². The molecule has 0 unspecified atom stereocenters. The van der Waals surface area contributed by atoms with Gasteiger partial charge in [-0.05, 0) is 43.0 Å². The van der Waals surface area contributed by atoms with E-state index in [1.807, 2.05) is 24.3 Å². The van der Waals surface area contributed by atoms with Crippen LogP contribution in [-0.4, -0.2) is 47.8 Å². The van der Waals surface area contributed by atoms with Gasteiger partial charge in [-0.3, -0.25) is 4.79 Å². The summed E-state index contributed by atoms with van der Waals surface area (Å²) in [7, 11) is 0. The molecule has 1 aliphatic rings. The van der Waals surface area contributed by atoms with Crippen molar-refractivity contribution >= 4 is 28.3 Å². The first-order valence-electron chi connectivity index (χ1n) is 10.0. The third-order valence-corrected chi connectivity index (χ3v) is 5.54. The van der Waals surface area contributed by atoms with Gasteiger partial charge in [0.15, 0.2) is 5.13 Å². The highest BCUT2D eigenvalue weighted by Crippen LogP contribution is 2.31. The Morgan fingerprint density at radius 1 is 1.25 bits per heavy atom. The van der Waals surface area contributed by atoms with Crippen molar-refractivity contribution in [1.29, 1.82) is 0 Å². The number of aliphatic carboxylic acids is 1. The van der Waals surface area contributed by atoms with Crippen LogP contribution in [0.15, 0.2) is 29.6 Å². The van der Waals surface area contributed by atoms with Gasteiger partial charge in [0.25, 0.3) is 0 Å². The predicted molar refractivity (Wildman–Crippen MR) is 116 cm³/mol. The van der Waals surface area contributed by atoms with E-state index in [0.717, 1.165) is 54.7 Å². The second-order valence-electron chi connectivity index (χ2n) is 7.71. The van der Waals surface area contributed by atoms with Crippen LogP contribution >= 0.6 is 11.3 Å². The number of carboxylic acids is 1. The summed E-state index contributed by atoms with van der Waals surface area (Å²) in [5, 5.41) is 10.2. The number of primary amides is 1. The van der Waals surface area contributed by atoms with Gasteiger partial charge in [-0.2, -0.15) is 13.2 Å². The zero-order valence-electron chi connectivity index (χ0n) is 17.8. The monoisotopic (exact) mass is 473 g/mol. The third kappa shape index (κ3) is 7.70. The van der Waals surface area contributed by atoms with E-state index in [0.29, 0.717) is 5.92 Å². The SMILES string of the molecule is CC(C)COc1ccc(-c2csc(N3CCC(C(N)=O)CC3)n2)cc1.O=C(O)C(F)(F)F. The highest BCUT2D eigenvalue weighted by atomic mass is 32.1. The van der Waals surface area contributed by atoms with Gasteiger partial charge < -0.3 is 20.5 Å². The first kappa shape index (κ1) is 25.4. The summed E-state index contributed by atoms with van der Waals surface area (Å²) >= 11 is 1.65. The van der Waals surface area contributed by atoms with Crippen LogP contribution < -0.4 is 15.4 Å². The Morgan fingerprint density at radius 3 is 2.28 bits per heavy atom. The maximum atomic E-state index is 11.3. The Hall–Kier alpha value is -2.82. The van der Waals surface area contributed by atoms with Crippen molar-refractivity contribution < 1.29 is 32.6 Å². The fraction of sp³-hybridized carbons (Fsp3) is 0.476. The number of piperidine rings is 1. The highest BCUT2D eigenvalue weighted by Gasteiger charge is 2.38. The summed E-state index contributed by atoms with van der Waals surface area (Å²) in [6.07, 6.45) is -3.46. The van der Waals surface area contributed by atoms with Crippen LogP contribution in [0.5, 0.6) is 5.75 Å². The fourth-order valence-corrected chi connectivity index (χ4v) is 3.77. The highest BCUT2D eigenvalue weighted by molar-refractivity contribution is 7.14. The minimum Gasteiger partial charge on any atom is -0.493 e. The fourth-order valence-electron chi connectivity index (χ4n) is 2.88. The Balaban J connectivity index is 0.000000451. The molecule has 1 aromatic heterocycles. The number of nitrogens with two attached hydrogens (primary N) is 1. The number of halogens is 3. The van der Waals surface area contributed by atoms with Crippen molar-refractivity contribution in [2.24, 2.45) is 17.6 Å². The Morgan fingerprint density at radius 2 is 1.81 bits per heavy atom. The van der Waals surface area contributed by atoms with Gasteiger partial charge >= 0.3 is 12.1 Å². The molecule has 1 saturated heterocycles. The smallest absolute Gasteiger partial charge is 0.490 e. The molecule has 3 rings (SSSR count). The molecule has 0 aliphatic carbocycles. The molecule has 1 amide bonds. The molecule has 3 N–H and O–H groups in total. The van der Waals surface area contributed by atoms with E-state index in [2.05, 4.69) is 24.1 Å². The molecular weight excluding hydrogens is 447 g/mol. The Bertz CT molecular complexity index is 892. The van der Waals surface area contributed by atoms with E-state index < -0.39 is 12.1 Å². The number of hydrogen-bond donors (Lipinski definition) is 2. The number of benzene rings is 1. The first-order chi connectivity index (χ1) is 15.0. The Labute approximate surface area is 188 Å². The molecule has 2 aromatic rings. The number of rotatable bonds is 6. The van der Waals surface area contributed by atoms with Gasteiger partial charge in [-0.1, -0.05) is 13.8 Å². The summed E-state index contributed by atoms with van der Waals surface area (Å²) in [6, 6.07) is 8.09. The quantitative estimate of drug-likeness (QED) is 0.652. The summed E-state index contributed by atoms with van der Waals surface area (Å²) in [5.74, 6) is -1.53. The minimum absolute atomic E-state index is 0.00839. The van der Waals surface area contributed by atoms with E-state index in [1.165, 1.54) is 0 Å². The van der Waals surface area contributed by atoms with Crippen LogP contribution in [0.1, 0.15) is 26.7 Å². The van der Waals surface area contributed by atoms with Crippen molar-refractivity contribution in [3.8, 4) is 17.0 Å². The van der Waals surface area contributed by atoms with Crippen LogP contribution in [-0.2, 0) is 9.59 Å². The number of nitrogens with zero attached hydrogens (tertiary/aromatic N) is 2. The summed E-state index contributed by atoms with van der Waals surface area (Å²) in [5.41, 5.74) is 7.47.